The van der Waals surface area contributed by atoms with Crippen LogP contribution in [0.3, 0.4) is 0 Å². The molecule has 0 aromatic heterocycles. The third-order valence-corrected chi connectivity index (χ3v) is 4.75. The zero-order chi connectivity index (χ0) is 15.5. The lowest BCUT2D eigenvalue weighted by Crippen LogP contribution is -2.49. The smallest absolute Gasteiger partial charge is 0.226 e. The van der Waals surface area contributed by atoms with Gasteiger partial charge in [0, 0.05) is 38.6 Å². The Morgan fingerprint density at radius 2 is 1.91 bits per heavy atom. The van der Waals surface area contributed by atoms with Crippen LogP contribution in [0, 0.1) is 5.92 Å². The summed E-state index contributed by atoms with van der Waals surface area (Å²) in [6.07, 6.45) is 0.960. The van der Waals surface area contributed by atoms with Gasteiger partial charge in [-0.3, -0.25) is 9.69 Å². The molecule has 1 aromatic rings. The maximum absolute atomic E-state index is 12.6. The highest BCUT2D eigenvalue weighted by Gasteiger charge is 2.46. The van der Waals surface area contributed by atoms with E-state index in [4.69, 9.17) is 9.84 Å². The Morgan fingerprint density at radius 3 is 2.50 bits per heavy atom. The first kappa shape index (κ1) is 15.3. The summed E-state index contributed by atoms with van der Waals surface area (Å²) in [5.74, 6) is 1.67. The quantitative estimate of drug-likeness (QED) is 0.879. The molecular formula is C17H24N2O3. The fourth-order valence-electron chi connectivity index (χ4n) is 3.26. The van der Waals surface area contributed by atoms with Gasteiger partial charge in [-0.05, 0) is 30.0 Å². The first-order chi connectivity index (χ1) is 10.7. The van der Waals surface area contributed by atoms with Crippen LogP contribution >= 0.6 is 0 Å². The topological polar surface area (TPSA) is 53.0 Å². The van der Waals surface area contributed by atoms with Crippen molar-refractivity contribution in [3.05, 3.63) is 29.8 Å². The Balaban J connectivity index is 1.52. The summed E-state index contributed by atoms with van der Waals surface area (Å²) in [5.41, 5.74) is 1.23. The SMILES string of the molecule is COc1ccc([C@H]2C[C@@H]2C(=O)N2CCN(CCO)CC2)cc1. The van der Waals surface area contributed by atoms with Crippen molar-refractivity contribution in [1.29, 1.82) is 0 Å². The second kappa shape index (κ2) is 6.67. The van der Waals surface area contributed by atoms with E-state index in [-0.39, 0.29) is 12.5 Å². The van der Waals surface area contributed by atoms with Gasteiger partial charge >= 0.3 is 0 Å². The molecule has 2 aliphatic rings. The highest BCUT2D eigenvalue weighted by Crippen LogP contribution is 2.48. The van der Waals surface area contributed by atoms with Crippen LogP contribution in [-0.2, 0) is 4.79 Å². The monoisotopic (exact) mass is 304 g/mol. The Hall–Kier alpha value is -1.59. The van der Waals surface area contributed by atoms with Gasteiger partial charge in [-0.25, -0.2) is 0 Å². The maximum Gasteiger partial charge on any atom is 0.226 e. The number of aliphatic hydroxyl groups excluding tert-OH is 1. The molecule has 1 aliphatic heterocycles. The number of β-amino-alcohol motifs (C(OH)–C–C–N with tert-alkyl or cyclic N) is 1. The van der Waals surface area contributed by atoms with Crippen molar-refractivity contribution in [2.75, 3.05) is 46.4 Å². The zero-order valence-corrected chi connectivity index (χ0v) is 13.1. The number of hydrogen-bond acceptors (Lipinski definition) is 4. The summed E-state index contributed by atoms with van der Waals surface area (Å²) in [7, 11) is 1.66. The molecule has 5 nitrogen and oxygen atoms in total. The molecule has 0 spiro atoms. The van der Waals surface area contributed by atoms with Gasteiger partial charge in [-0.2, -0.15) is 0 Å². The predicted molar refractivity (Wildman–Crippen MR) is 83.9 cm³/mol. The molecule has 1 N–H and O–H groups in total. The molecule has 1 aromatic carbocycles. The lowest BCUT2D eigenvalue weighted by atomic mass is 10.1. The van der Waals surface area contributed by atoms with Gasteiger partial charge in [0.15, 0.2) is 0 Å². The van der Waals surface area contributed by atoms with Crippen molar-refractivity contribution in [1.82, 2.24) is 9.80 Å². The molecule has 0 unspecified atom stereocenters. The molecule has 0 bridgehead atoms. The number of amides is 1. The number of methoxy groups -OCH3 is 1. The van der Waals surface area contributed by atoms with Crippen LogP contribution in [0.5, 0.6) is 5.75 Å². The molecule has 2 atom stereocenters. The van der Waals surface area contributed by atoms with Gasteiger partial charge in [0.2, 0.25) is 5.91 Å². The molecular weight excluding hydrogens is 280 g/mol. The van der Waals surface area contributed by atoms with Crippen LogP contribution in [0.4, 0.5) is 0 Å². The van der Waals surface area contributed by atoms with Crippen molar-refractivity contribution < 1.29 is 14.6 Å². The summed E-state index contributed by atoms with van der Waals surface area (Å²) in [5, 5.41) is 8.96. The Labute approximate surface area is 131 Å². The number of ether oxygens (including phenoxy) is 1. The molecule has 22 heavy (non-hydrogen) atoms. The van der Waals surface area contributed by atoms with E-state index in [9.17, 15) is 4.79 Å². The van der Waals surface area contributed by atoms with Crippen LogP contribution in [0.1, 0.15) is 17.9 Å². The average molecular weight is 304 g/mol. The van der Waals surface area contributed by atoms with Crippen LogP contribution in [0.15, 0.2) is 24.3 Å². The maximum atomic E-state index is 12.6. The molecule has 1 aliphatic carbocycles. The van der Waals surface area contributed by atoms with Crippen LogP contribution in [-0.4, -0.2) is 67.3 Å². The largest absolute Gasteiger partial charge is 0.497 e. The van der Waals surface area contributed by atoms with E-state index >= 15 is 0 Å². The van der Waals surface area contributed by atoms with E-state index < -0.39 is 0 Å². The second-order valence-corrected chi connectivity index (χ2v) is 6.11. The van der Waals surface area contributed by atoms with E-state index in [1.165, 1.54) is 5.56 Å². The first-order valence-corrected chi connectivity index (χ1v) is 7.99. The van der Waals surface area contributed by atoms with Crippen molar-refractivity contribution in [3.8, 4) is 5.75 Å². The Morgan fingerprint density at radius 1 is 1.23 bits per heavy atom. The lowest BCUT2D eigenvalue weighted by molar-refractivity contribution is -0.134. The summed E-state index contributed by atoms with van der Waals surface area (Å²) in [6.45, 7) is 4.20. The molecule has 3 rings (SSSR count). The number of nitrogens with zero attached hydrogens (tertiary/aromatic N) is 2. The number of piperazine rings is 1. The predicted octanol–water partition coefficient (Wildman–Crippen LogP) is 0.935. The number of aliphatic hydroxyl groups is 1. The minimum Gasteiger partial charge on any atom is -0.497 e. The third kappa shape index (κ3) is 3.25. The van der Waals surface area contributed by atoms with Crippen LogP contribution in [0.2, 0.25) is 0 Å². The van der Waals surface area contributed by atoms with E-state index in [0.717, 1.165) is 38.3 Å². The van der Waals surface area contributed by atoms with Crippen molar-refractivity contribution >= 4 is 5.91 Å². The Kier molecular flexibility index (Phi) is 4.64. The van der Waals surface area contributed by atoms with E-state index in [0.29, 0.717) is 18.4 Å². The van der Waals surface area contributed by atoms with Gasteiger partial charge in [0.05, 0.1) is 13.7 Å². The normalized spacial score (nSPS) is 25.1. The van der Waals surface area contributed by atoms with Gasteiger partial charge in [0.1, 0.15) is 5.75 Å². The fourth-order valence-corrected chi connectivity index (χ4v) is 3.26. The number of hydrogen-bond donors (Lipinski definition) is 1. The molecule has 1 saturated carbocycles. The van der Waals surface area contributed by atoms with Gasteiger partial charge in [-0.1, -0.05) is 12.1 Å². The van der Waals surface area contributed by atoms with E-state index in [2.05, 4.69) is 17.0 Å². The first-order valence-electron chi connectivity index (χ1n) is 7.99. The average Bonchev–Trinajstić information content (AvgIpc) is 3.36. The molecule has 1 saturated heterocycles. The number of carbonyl (C=O) groups excluding carboxylic acids is 1. The zero-order valence-electron chi connectivity index (χ0n) is 13.1. The number of rotatable bonds is 5. The second-order valence-electron chi connectivity index (χ2n) is 6.11. The molecule has 1 heterocycles. The van der Waals surface area contributed by atoms with Crippen LogP contribution in [0.25, 0.3) is 0 Å². The Bertz CT molecular complexity index is 509. The summed E-state index contributed by atoms with van der Waals surface area (Å²) >= 11 is 0. The van der Waals surface area contributed by atoms with Crippen molar-refractivity contribution in [2.45, 2.75) is 12.3 Å². The van der Waals surface area contributed by atoms with Gasteiger partial charge in [0.25, 0.3) is 0 Å². The minimum atomic E-state index is 0.151. The number of carbonyl (C=O) groups is 1. The minimum absolute atomic E-state index is 0.151. The standard InChI is InChI=1S/C17H24N2O3/c1-22-14-4-2-13(3-5-14)15-12-16(15)17(21)19-8-6-18(7-9-19)10-11-20/h2-5,15-16,20H,6-12H2,1H3/t15-,16+/m1/s1. The molecule has 2 fully saturated rings. The molecule has 120 valence electrons. The summed E-state index contributed by atoms with van der Waals surface area (Å²) in [4.78, 5) is 16.8. The van der Waals surface area contributed by atoms with E-state index in [1.807, 2.05) is 17.0 Å². The molecule has 1 amide bonds. The van der Waals surface area contributed by atoms with E-state index in [1.54, 1.807) is 7.11 Å². The third-order valence-electron chi connectivity index (χ3n) is 4.75. The van der Waals surface area contributed by atoms with Crippen molar-refractivity contribution in [2.24, 2.45) is 5.92 Å². The fraction of sp³-hybridized carbons (Fsp3) is 0.588. The summed E-state index contributed by atoms with van der Waals surface area (Å²) in [6, 6.07) is 8.05. The number of benzene rings is 1. The lowest BCUT2D eigenvalue weighted by Gasteiger charge is -2.34. The van der Waals surface area contributed by atoms with Gasteiger partial charge in [-0.15, -0.1) is 0 Å². The highest BCUT2D eigenvalue weighted by molar-refractivity contribution is 5.83. The van der Waals surface area contributed by atoms with Crippen molar-refractivity contribution in [3.63, 3.8) is 0 Å². The highest BCUT2D eigenvalue weighted by atomic mass is 16.5. The summed E-state index contributed by atoms with van der Waals surface area (Å²) < 4.78 is 5.17. The molecule has 0 radical (unpaired) electrons. The van der Waals surface area contributed by atoms with Gasteiger partial charge < -0.3 is 14.7 Å². The molecule has 5 heteroatoms. The van der Waals surface area contributed by atoms with Crippen LogP contribution < -0.4 is 4.74 Å².